The molecule has 0 spiro atoms. The minimum absolute atomic E-state index is 0.0698. The monoisotopic (exact) mass is 294 g/mol. The number of hydrogen-bond acceptors (Lipinski definition) is 3. The second-order valence-corrected chi connectivity index (χ2v) is 5.10. The van der Waals surface area contributed by atoms with E-state index < -0.39 is 0 Å². The quantitative estimate of drug-likeness (QED) is 0.920. The fraction of sp³-hybridized carbons (Fsp3) is 0.267. The molecule has 0 fully saturated rings. The molecule has 1 heterocycles. The Kier molecular flexibility index (Phi) is 4.93. The van der Waals surface area contributed by atoms with Crippen LogP contribution in [-0.2, 0) is 13.0 Å². The highest BCUT2D eigenvalue weighted by atomic mass is 35.5. The van der Waals surface area contributed by atoms with Crippen molar-refractivity contribution in [1.29, 1.82) is 0 Å². The second kappa shape index (κ2) is 6.68. The van der Waals surface area contributed by atoms with Crippen molar-refractivity contribution in [3.63, 3.8) is 0 Å². The van der Waals surface area contributed by atoms with Crippen LogP contribution >= 0.6 is 11.6 Å². The molecule has 1 unspecified atom stereocenters. The molecule has 2 aromatic rings. The molecule has 0 saturated heterocycles. The molecule has 1 atom stereocenters. The molecule has 106 valence electrons. The normalized spacial score (nSPS) is 12.2. The Morgan fingerprint density at radius 2 is 2.15 bits per heavy atom. The van der Waals surface area contributed by atoms with Crippen LogP contribution < -0.4 is 10.5 Å². The number of nitrogens with two attached hydrogens (primary N) is 1. The van der Waals surface area contributed by atoms with Gasteiger partial charge in [-0.05, 0) is 37.3 Å². The molecule has 2 N–H and O–H groups in total. The molecule has 20 heavy (non-hydrogen) atoms. The molecule has 3 nitrogen and oxygen atoms in total. The van der Waals surface area contributed by atoms with Crippen LogP contribution in [0.15, 0.2) is 36.5 Å². The molecule has 1 aromatic heterocycles. The van der Waals surface area contributed by atoms with Crippen LogP contribution in [0, 0.1) is 5.82 Å². The number of benzene rings is 1. The zero-order chi connectivity index (χ0) is 14.5. The number of hydrogen-bond donors (Lipinski definition) is 1. The van der Waals surface area contributed by atoms with Gasteiger partial charge in [-0.15, -0.1) is 0 Å². The Morgan fingerprint density at radius 3 is 2.80 bits per heavy atom. The summed E-state index contributed by atoms with van der Waals surface area (Å²) in [5.74, 6) is 0.275. The highest BCUT2D eigenvalue weighted by Crippen LogP contribution is 2.19. The van der Waals surface area contributed by atoms with Crippen LogP contribution in [0.4, 0.5) is 4.39 Å². The zero-order valence-electron chi connectivity index (χ0n) is 11.1. The highest BCUT2D eigenvalue weighted by molar-refractivity contribution is 6.31. The van der Waals surface area contributed by atoms with Gasteiger partial charge in [0, 0.05) is 28.7 Å². The first-order valence-electron chi connectivity index (χ1n) is 6.32. The summed E-state index contributed by atoms with van der Waals surface area (Å²) in [6, 6.07) is 7.94. The number of ether oxygens (including phenoxy) is 1. The molecule has 0 bridgehead atoms. The Morgan fingerprint density at radius 1 is 1.35 bits per heavy atom. The van der Waals surface area contributed by atoms with Crippen molar-refractivity contribution in [2.45, 2.75) is 26.0 Å². The van der Waals surface area contributed by atoms with E-state index in [-0.39, 0.29) is 18.5 Å². The summed E-state index contributed by atoms with van der Waals surface area (Å²) in [7, 11) is 0. The van der Waals surface area contributed by atoms with Crippen LogP contribution in [-0.4, -0.2) is 11.0 Å². The second-order valence-electron chi connectivity index (χ2n) is 4.69. The van der Waals surface area contributed by atoms with Crippen molar-refractivity contribution in [2.75, 3.05) is 0 Å². The molecule has 0 aliphatic carbocycles. The van der Waals surface area contributed by atoms with Crippen molar-refractivity contribution in [3.05, 3.63) is 58.6 Å². The number of rotatable bonds is 5. The summed E-state index contributed by atoms with van der Waals surface area (Å²) in [6.07, 6.45) is 2.35. The molecule has 0 saturated carbocycles. The molecular weight excluding hydrogens is 279 g/mol. The smallest absolute Gasteiger partial charge is 0.138 e. The maximum Gasteiger partial charge on any atom is 0.138 e. The summed E-state index contributed by atoms with van der Waals surface area (Å²) < 4.78 is 18.7. The Balaban J connectivity index is 1.98. The Bertz CT molecular complexity index is 573. The Labute approximate surface area is 122 Å². The third-order valence-electron chi connectivity index (χ3n) is 2.73. The Hall–Kier alpha value is -1.65. The van der Waals surface area contributed by atoms with Crippen LogP contribution in [0.5, 0.6) is 5.75 Å². The van der Waals surface area contributed by atoms with Gasteiger partial charge in [-0.2, -0.15) is 0 Å². The van der Waals surface area contributed by atoms with E-state index in [0.29, 0.717) is 16.3 Å². The van der Waals surface area contributed by atoms with Gasteiger partial charge < -0.3 is 10.5 Å². The van der Waals surface area contributed by atoms with Crippen LogP contribution in [0.25, 0.3) is 0 Å². The standard InChI is InChI=1S/C15H16ClFN2O/c1-10(18)6-13-3-4-14(8-19-13)20-9-11-7-12(17)2-5-15(11)16/h2-5,7-8,10H,6,9,18H2,1H3. The number of aromatic nitrogens is 1. The van der Waals surface area contributed by atoms with Gasteiger partial charge in [-0.3, -0.25) is 4.98 Å². The first-order chi connectivity index (χ1) is 9.54. The van der Waals surface area contributed by atoms with Gasteiger partial charge in [0.1, 0.15) is 18.2 Å². The van der Waals surface area contributed by atoms with Gasteiger partial charge in [-0.25, -0.2) is 4.39 Å². The van der Waals surface area contributed by atoms with Crippen molar-refractivity contribution in [3.8, 4) is 5.75 Å². The summed E-state index contributed by atoms with van der Waals surface area (Å²) in [6.45, 7) is 2.13. The number of halogens is 2. The van der Waals surface area contributed by atoms with Gasteiger partial charge in [-0.1, -0.05) is 11.6 Å². The van der Waals surface area contributed by atoms with E-state index in [1.54, 1.807) is 6.20 Å². The van der Waals surface area contributed by atoms with E-state index in [1.807, 2.05) is 19.1 Å². The molecular formula is C15H16ClFN2O. The van der Waals surface area contributed by atoms with Gasteiger partial charge in [0.2, 0.25) is 0 Å². The van der Waals surface area contributed by atoms with Crippen molar-refractivity contribution in [1.82, 2.24) is 4.98 Å². The summed E-state index contributed by atoms with van der Waals surface area (Å²) in [5, 5.41) is 0.480. The van der Waals surface area contributed by atoms with E-state index in [0.717, 1.165) is 12.1 Å². The van der Waals surface area contributed by atoms with E-state index >= 15 is 0 Å². The van der Waals surface area contributed by atoms with Gasteiger partial charge >= 0.3 is 0 Å². The van der Waals surface area contributed by atoms with Crippen LogP contribution in [0.3, 0.4) is 0 Å². The molecule has 0 aliphatic rings. The van der Waals surface area contributed by atoms with Crippen LogP contribution in [0.2, 0.25) is 5.02 Å². The predicted octanol–water partition coefficient (Wildman–Crippen LogP) is 3.34. The SMILES string of the molecule is CC(N)Cc1ccc(OCc2cc(F)ccc2Cl)cn1. The minimum Gasteiger partial charge on any atom is -0.487 e. The lowest BCUT2D eigenvalue weighted by atomic mass is 10.2. The average Bonchev–Trinajstić information content (AvgIpc) is 2.41. The van der Waals surface area contributed by atoms with E-state index in [1.165, 1.54) is 18.2 Å². The summed E-state index contributed by atoms with van der Waals surface area (Å²) in [4.78, 5) is 4.26. The average molecular weight is 295 g/mol. The molecule has 5 heteroatoms. The molecule has 0 aliphatic heterocycles. The van der Waals surface area contributed by atoms with Crippen molar-refractivity contribution in [2.24, 2.45) is 5.73 Å². The fourth-order valence-electron chi connectivity index (χ4n) is 1.76. The predicted molar refractivity (Wildman–Crippen MR) is 77.3 cm³/mol. The van der Waals surface area contributed by atoms with Crippen LogP contribution in [0.1, 0.15) is 18.2 Å². The summed E-state index contributed by atoms with van der Waals surface area (Å²) in [5.41, 5.74) is 7.22. The fourth-order valence-corrected chi connectivity index (χ4v) is 1.93. The maximum atomic E-state index is 13.1. The number of nitrogens with zero attached hydrogens (tertiary/aromatic N) is 1. The molecule has 1 aromatic carbocycles. The van der Waals surface area contributed by atoms with Crippen molar-refractivity contribution >= 4 is 11.6 Å². The third-order valence-corrected chi connectivity index (χ3v) is 3.10. The van der Waals surface area contributed by atoms with Gasteiger partial charge in [0.25, 0.3) is 0 Å². The minimum atomic E-state index is -0.335. The molecule has 0 radical (unpaired) electrons. The van der Waals surface area contributed by atoms with E-state index in [9.17, 15) is 4.39 Å². The lowest BCUT2D eigenvalue weighted by Crippen LogP contribution is -2.18. The van der Waals surface area contributed by atoms with E-state index in [2.05, 4.69) is 4.98 Å². The van der Waals surface area contributed by atoms with Gasteiger partial charge in [0.05, 0.1) is 6.20 Å². The van der Waals surface area contributed by atoms with Gasteiger partial charge in [0.15, 0.2) is 0 Å². The lowest BCUT2D eigenvalue weighted by molar-refractivity contribution is 0.304. The number of pyridine rings is 1. The molecule has 0 amide bonds. The lowest BCUT2D eigenvalue weighted by Gasteiger charge is -2.09. The molecule has 2 rings (SSSR count). The maximum absolute atomic E-state index is 13.1. The largest absolute Gasteiger partial charge is 0.487 e. The first kappa shape index (κ1) is 14.8. The highest BCUT2D eigenvalue weighted by Gasteiger charge is 2.04. The topological polar surface area (TPSA) is 48.1 Å². The van der Waals surface area contributed by atoms with Crippen molar-refractivity contribution < 1.29 is 9.13 Å². The first-order valence-corrected chi connectivity index (χ1v) is 6.69. The third kappa shape index (κ3) is 4.18. The van der Waals surface area contributed by atoms with E-state index in [4.69, 9.17) is 22.1 Å². The summed E-state index contributed by atoms with van der Waals surface area (Å²) >= 11 is 5.97. The zero-order valence-corrected chi connectivity index (χ0v) is 11.9.